The molecule has 1 aromatic rings. The van der Waals surface area contributed by atoms with Gasteiger partial charge < -0.3 is 35.5 Å². The van der Waals surface area contributed by atoms with Gasteiger partial charge in [-0.05, 0) is 113 Å². The Hall–Kier alpha value is -3.99. The van der Waals surface area contributed by atoms with E-state index in [1.54, 1.807) is 19.1 Å². The molecule has 4 unspecified atom stereocenters. The normalized spacial score (nSPS) is 24.9. The minimum absolute atomic E-state index is 0.00441. The molecule has 300 valence electrons. The van der Waals surface area contributed by atoms with E-state index < -0.39 is 40.4 Å². The molecule has 0 aromatic heterocycles. The Morgan fingerprint density at radius 2 is 1.65 bits per heavy atom. The summed E-state index contributed by atoms with van der Waals surface area (Å²) in [6.45, 7) is 18.0. The van der Waals surface area contributed by atoms with E-state index in [1.165, 1.54) is 5.57 Å². The van der Waals surface area contributed by atoms with Crippen molar-refractivity contribution < 1.29 is 38.8 Å². The molecule has 5 aliphatic rings. The number of allylic oxidation sites excluding steroid dienone is 7. The highest BCUT2D eigenvalue weighted by atomic mass is 16.6. The first kappa shape index (κ1) is 42.2. The summed E-state index contributed by atoms with van der Waals surface area (Å²) >= 11 is 0. The van der Waals surface area contributed by atoms with E-state index in [2.05, 4.69) is 25.2 Å². The average molecular weight is 759 g/mol. The number of nitrogens with one attached hydrogen (secondary N) is 1. The van der Waals surface area contributed by atoms with Crippen molar-refractivity contribution in [3.63, 3.8) is 0 Å². The zero-order valence-electron chi connectivity index (χ0n) is 34.2. The summed E-state index contributed by atoms with van der Waals surface area (Å²) in [6, 6.07) is 0. The van der Waals surface area contributed by atoms with Crippen molar-refractivity contribution in [2.24, 2.45) is 17.6 Å². The Morgan fingerprint density at radius 3 is 2.35 bits per heavy atom. The van der Waals surface area contributed by atoms with Crippen molar-refractivity contribution in [3.8, 4) is 17.2 Å². The minimum atomic E-state index is -1.64. The van der Waals surface area contributed by atoms with Crippen LogP contribution in [0.1, 0.15) is 122 Å². The van der Waals surface area contributed by atoms with Crippen LogP contribution < -0.4 is 15.8 Å². The predicted molar refractivity (Wildman–Crippen MR) is 214 cm³/mol. The molecular weight excluding hydrogens is 697 g/mol. The van der Waals surface area contributed by atoms with Crippen LogP contribution in [0.25, 0.3) is 0 Å². The Morgan fingerprint density at radius 1 is 0.945 bits per heavy atom. The fourth-order valence-electron chi connectivity index (χ4n) is 8.83. The van der Waals surface area contributed by atoms with Crippen LogP contribution >= 0.6 is 0 Å². The largest absolute Gasteiger partial charge is 0.507 e. The number of carbonyl (C=O) groups is 3. The van der Waals surface area contributed by atoms with Crippen LogP contribution in [-0.4, -0.2) is 70.8 Å². The molecule has 3 aliphatic carbocycles. The Kier molecular flexibility index (Phi) is 13.0. The van der Waals surface area contributed by atoms with E-state index in [1.807, 2.05) is 46.8 Å². The first-order valence-corrected chi connectivity index (χ1v) is 20.0. The van der Waals surface area contributed by atoms with Gasteiger partial charge in [-0.15, -0.1) is 0 Å². The molecule has 0 amide bonds. The first-order chi connectivity index (χ1) is 26.0. The highest BCUT2D eigenvalue weighted by Gasteiger charge is 2.81. The number of carbonyl (C=O) groups excluding carboxylic acids is 3. The Labute approximate surface area is 326 Å². The number of Topliss-reactive ketones (excluding diaryl/α,β-unsaturated/α-hetero) is 2. The molecule has 4 atom stereocenters. The molecule has 1 spiro atoms. The van der Waals surface area contributed by atoms with E-state index in [0.717, 1.165) is 56.3 Å². The van der Waals surface area contributed by atoms with Gasteiger partial charge in [-0.2, -0.15) is 0 Å². The summed E-state index contributed by atoms with van der Waals surface area (Å²) in [4.78, 5) is 42.6. The number of phenols is 2. The van der Waals surface area contributed by atoms with Gasteiger partial charge in [0.2, 0.25) is 0 Å². The first-order valence-electron chi connectivity index (χ1n) is 20.0. The lowest BCUT2D eigenvalue weighted by Gasteiger charge is -2.56. The molecule has 6 rings (SSSR count). The van der Waals surface area contributed by atoms with E-state index in [4.69, 9.17) is 19.9 Å². The number of ketones is 2. The second-order valence-corrected chi connectivity index (χ2v) is 16.8. The maximum atomic E-state index is 14.9. The van der Waals surface area contributed by atoms with Crippen LogP contribution in [0.2, 0.25) is 0 Å². The number of fused-ring (bicyclic) bond motifs is 1. The summed E-state index contributed by atoms with van der Waals surface area (Å²) in [5.41, 5.74) is 6.03. The van der Waals surface area contributed by atoms with Crippen LogP contribution in [0.5, 0.6) is 17.2 Å². The number of nitrogens with two attached hydrogens (primary N) is 1. The van der Waals surface area contributed by atoms with Gasteiger partial charge in [-0.1, -0.05) is 47.1 Å². The SMILES string of the molecule is CC(C)=CCC/C(C)=C/Cc1c(O)c(CC=C(C)C)c2c(c1O)C(=O)C1=CC3CC4C(C)(C)OC(C/C=C(/C)C(=O)OCCCCCNCCN)(C3=O)C14O2. The number of rotatable bonds is 18. The van der Waals surface area contributed by atoms with Crippen LogP contribution in [0.15, 0.2) is 58.2 Å². The third kappa shape index (κ3) is 8.00. The van der Waals surface area contributed by atoms with Crippen molar-refractivity contribution in [1.82, 2.24) is 5.32 Å². The molecule has 1 saturated carbocycles. The molecular formula is C45H62N2O8. The van der Waals surface area contributed by atoms with E-state index in [-0.39, 0.29) is 65.6 Å². The number of aromatic hydroxyl groups is 2. The summed E-state index contributed by atoms with van der Waals surface area (Å²) in [6.07, 6.45) is 14.6. The highest BCUT2D eigenvalue weighted by Crippen LogP contribution is 2.68. The number of ether oxygens (including phenoxy) is 3. The molecule has 2 heterocycles. The third-order valence-corrected chi connectivity index (χ3v) is 11.7. The molecule has 0 radical (unpaired) electrons. The second kappa shape index (κ2) is 17.0. The molecule has 2 fully saturated rings. The third-order valence-electron chi connectivity index (χ3n) is 11.7. The molecule has 5 N–H and O–H groups in total. The summed E-state index contributed by atoms with van der Waals surface area (Å²) < 4.78 is 19.5. The molecule has 10 heteroatoms. The minimum Gasteiger partial charge on any atom is -0.507 e. The van der Waals surface area contributed by atoms with Crippen LogP contribution in [0, 0.1) is 11.8 Å². The van der Waals surface area contributed by atoms with Crippen LogP contribution in [-0.2, 0) is 31.9 Å². The van der Waals surface area contributed by atoms with Gasteiger partial charge in [0.05, 0.1) is 12.2 Å². The molecule has 1 saturated heterocycles. The van der Waals surface area contributed by atoms with Gasteiger partial charge in [0.1, 0.15) is 22.8 Å². The molecule has 2 aliphatic heterocycles. The number of hydrogen-bond donors (Lipinski definition) is 4. The van der Waals surface area contributed by atoms with Gasteiger partial charge in [-0.3, -0.25) is 9.59 Å². The van der Waals surface area contributed by atoms with E-state index >= 15 is 0 Å². The molecule has 4 bridgehead atoms. The number of hydrogen-bond acceptors (Lipinski definition) is 10. The smallest absolute Gasteiger partial charge is 0.333 e. The lowest BCUT2D eigenvalue weighted by molar-refractivity contribution is -0.171. The van der Waals surface area contributed by atoms with Crippen LogP contribution in [0.3, 0.4) is 0 Å². The van der Waals surface area contributed by atoms with Crippen molar-refractivity contribution in [2.75, 3.05) is 26.2 Å². The lowest BCUT2D eigenvalue weighted by Crippen LogP contribution is -2.72. The number of benzene rings is 1. The molecule has 1 aromatic carbocycles. The van der Waals surface area contributed by atoms with Crippen molar-refractivity contribution in [2.45, 2.75) is 130 Å². The topological polar surface area (TPSA) is 157 Å². The van der Waals surface area contributed by atoms with Crippen molar-refractivity contribution in [3.05, 3.63) is 74.9 Å². The van der Waals surface area contributed by atoms with Crippen molar-refractivity contribution in [1.29, 1.82) is 0 Å². The monoisotopic (exact) mass is 758 g/mol. The Balaban J connectivity index is 1.52. The fraction of sp³-hybridized carbons (Fsp3) is 0.578. The van der Waals surface area contributed by atoms with Crippen LogP contribution in [0.4, 0.5) is 0 Å². The fourth-order valence-corrected chi connectivity index (χ4v) is 8.83. The van der Waals surface area contributed by atoms with Gasteiger partial charge in [0.25, 0.3) is 0 Å². The number of phenolic OH excluding ortho intramolecular Hbond substituents is 2. The van der Waals surface area contributed by atoms with Gasteiger partial charge in [0.15, 0.2) is 22.8 Å². The zero-order valence-corrected chi connectivity index (χ0v) is 34.2. The van der Waals surface area contributed by atoms with Crippen molar-refractivity contribution >= 4 is 17.5 Å². The summed E-state index contributed by atoms with van der Waals surface area (Å²) in [7, 11) is 0. The lowest BCUT2D eigenvalue weighted by atomic mass is 9.51. The molecule has 55 heavy (non-hydrogen) atoms. The average Bonchev–Trinajstić information content (AvgIpc) is 3.27. The maximum absolute atomic E-state index is 14.9. The number of esters is 1. The number of unbranched alkanes of at least 4 members (excludes halogenated alkanes) is 2. The van der Waals surface area contributed by atoms with Gasteiger partial charge in [0, 0.05) is 53.6 Å². The summed E-state index contributed by atoms with van der Waals surface area (Å²) in [5.74, 6) is -2.52. The second-order valence-electron chi connectivity index (χ2n) is 16.8. The van der Waals surface area contributed by atoms with Gasteiger partial charge >= 0.3 is 5.97 Å². The quantitative estimate of drug-likeness (QED) is 0.0513. The van der Waals surface area contributed by atoms with Gasteiger partial charge in [-0.25, -0.2) is 4.79 Å². The standard InChI is InChI=1S/C45H62N2O8/c1-27(2)13-12-14-29(5)16-18-32-37(48)33(17-15-28(3)4)40-36(38(32)49)39(50)34-25-31-26-35-43(7,8)55-44(41(31)51,45(34,35)54-40)20-19-30(6)42(52)53-24-11-9-10-22-47-23-21-46/h13,15-16,19,25,31,35,47-49H,9-12,14,17-18,20-24,26,46H2,1-8H3/b29-16+,30-19-. The molecule has 10 nitrogen and oxygen atoms in total. The van der Waals surface area contributed by atoms with E-state index in [0.29, 0.717) is 24.1 Å². The zero-order chi connectivity index (χ0) is 40.3. The maximum Gasteiger partial charge on any atom is 0.333 e. The predicted octanol–water partition coefficient (Wildman–Crippen LogP) is 7.45. The van der Waals surface area contributed by atoms with E-state index in [9.17, 15) is 24.6 Å². The Bertz CT molecular complexity index is 1840. The highest BCUT2D eigenvalue weighted by molar-refractivity contribution is 6.18. The summed E-state index contributed by atoms with van der Waals surface area (Å²) in [5, 5.41) is 27.0.